The average Bonchev–Trinajstić information content (AvgIpc) is 2.75. The summed E-state index contributed by atoms with van der Waals surface area (Å²) < 4.78 is 39.8. The van der Waals surface area contributed by atoms with Crippen LogP contribution < -0.4 is 14.4 Å². The molecule has 3 aromatic rings. The minimum absolute atomic E-state index is 0.168. The van der Waals surface area contributed by atoms with Crippen LogP contribution in [0.1, 0.15) is 6.92 Å². The van der Waals surface area contributed by atoms with E-state index in [1.54, 1.807) is 42.6 Å². The summed E-state index contributed by atoms with van der Waals surface area (Å²) in [7, 11) is -3.79. The molecule has 4 rings (SSSR count). The molecule has 7 nitrogen and oxygen atoms in total. The van der Waals surface area contributed by atoms with Crippen LogP contribution in [-0.4, -0.2) is 46.3 Å². The number of fused-ring (bicyclic) bond motifs is 1. The Labute approximate surface area is 170 Å². The number of aromatic nitrogens is 1. The molecule has 2 heterocycles. The predicted octanol–water partition coefficient (Wildman–Crippen LogP) is 3.27. The number of sulfonamides is 1. The van der Waals surface area contributed by atoms with E-state index in [9.17, 15) is 8.42 Å². The molecule has 2 aromatic carbocycles. The van der Waals surface area contributed by atoms with E-state index >= 15 is 0 Å². The van der Waals surface area contributed by atoms with E-state index in [1.807, 2.05) is 19.1 Å². The molecule has 29 heavy (non-hydrogen) atoms. The Morgan fingerprint density at radius 1 is 1.10 bits per heavy atom. The molecular weight excluding hydrogens is 390 g/mol. The molecule has 1 saturated heterocycles. The van der Waals surface area contributed by atoms with Crippen LogP contribution in [0.4, 0.5) is 11.4 Å². The lowest BCUT2D eigenvalue weighted by Gasteiger charge is -2.28. The number of anilines is 2. The standard InChI is InChI=1S/C21H23N3O4S/c1-2-28-19-9-10-20(18-4-3-11-22-21(18)19)29(25,26)23-16-5-7-17(8-6-16)24-12-14-27-15-13-24/h3-11,23H,2,12-15H2,1H3. The van der Waals surface area contributed by atoms with Gasteiger partial charge in [-0.1, -0.05) is 0 Å². The normalized spacial score (nSPS) is 14.7. The second-order valence-corrected chi connectivity index (χ2v) is 8.30. The van der Waals surface area contributed by atoms with Crippen molar-refractivity contribution in [1.29, 1.82) is 0 Å². The van der Waals surface area contributed by atoms with E-state index < -0.39 is 10.0 Å². The third kappa shape index (κ3) is 4.13. The van der Waals surface area contributed by atoms with Crippen LogP contribution in [0.3, 0.4) is 0 Å². The fraction of sp³-hybridized carbons (Fsp3) is 0.286. The van der Waals surface area contributed by atoms with Crippen LogP contribution in [0, 0.1) is 0 Å². The van der Waals surface area contributed by atoms with Crippen molar-refractivity contribution < 1.29 is 17.9 Å². The number of morpholine rings is 1. The molecule has 0 atom stereocenters. The molecule has 0 aliphatic carbocycles. The lowest BCUT2D eigenvalue weighted by molar-refractivity contribution is 0.122. The second kappa shape index (κ2) is 8.26. The number of pyridine rings is 1. The first-order chi connectivity index (χ1) is 14.1. The lowest BCUT2D eigenvalue weighted by atomic mass is 10.2. The second-order valence-electron chi connectivity index (χ2n) is 6.65. The van der Waals surface area contributed by atoms with Gasteiger partial charge in [0.05, 0.1) is 24.7 Å². The summed E-state index contributed by atoms with van der Waals surface area (Å²) in [6.45, 7) is 5.42. The zero-order chi connectivity index (χ0) is 20.3. The van der Waals surface area contributed by atoms with E-state index in [-0.39, 0.29) is 4.90 Å². The molecule has 152 valence electrons. The summed E-state index contributed by atoms with van der Waals surface area (Å²) in [5.41, 5.74) is 2.08. The number of nitrogens with one attached hydrogen (secondary N) is 1. The van der Waals surface area contributed by atoms with Crippen LogP contribution in [0.5, 0.6) is 5.75 Å². The Bertz CT molecular complexity index is 1090. The number of nitrogens with zero attached hydrogens (tertiary/aromatic N) is 2. The summed E-state index contributed by atoms with van der Waals surface area (Å²) in [5.74, 6) is 0.567. The van der Waals surface area contributed by atoms with Gasteiger partial charge in [-0.15, -0.1) is 0 Å². The fourth-order valence-electron chi connectivity index (χ4n) is 3.40. The first-order valence-corrected chi connectivity index (χ1v) is 11.0. The van der Waals surface area contributed by atoms with Gasteiger partial charge < -0.3 is 14.4 Å². The number of hydrogen-bond donors (Lipinski definition) is 1. The Morgan fingerprint density at radius 2 is 1.86 bits per heavy atom. The van der Waals surface area contributed by atoms with E-state index in [0.29, 0.717) is 42.2 Å². The molecule has 0 bridgehead atoms. The first kappa shape index (κ1) is 19.5. The zero-order valence-electron chi connectivity index (χ0n) is 16.2. The van der Waals surface area contributed by atoms with Crippen LogP contribution in [0.15, 0.2) is 59.6 Å². The summed E-state index contributed by atoms with van der Waals surface area (Å²) in [5, 5.41) is 0.524. The highest BCUT2D eigenvalue weighted by Crippen LogP contribution is 2.31. The van der Waals surface area contributed by atoms with Crippen LogP contribution >= 0.6 is 0 Å². The molecule has 1 aliphatic rings. The molecule has 1 N–H and O–H groups in total. The van der Waals surface area contributed by atoms with Crippen molar-refractivity contribution in [1.82, 2.24) is 4.98 Å². The van der Waals surface area contributed by atoms with Crippen LogP contribution in [0.25, 0.3) is 10.9 Å². The van der Waals surface area contributed by atoms with Crippen molar-refractivity contribution in [3.8, 4) is 5.75 Å². The van der Waals surface area contributed by atoms with Gasteiger partial charge in [-0.25, -0.2) is 8.42 Å². The minimum Gasteiger partial charge on any atom is -0.492 e. The summed E-state index contributed by atoms with van der Waals surface area (Å²) in [4.78, 5) is 6.69. The lowest BCUT2D eigenvalue weighted by Crippen LogP contribution is -2.36. The third-order valence-corrected chi connectivity index (χ3v) is 6.22. The van der Waals surface area contributed by atoms with Gasteiger partial charge in [0.25, 0.3) is 10.0 Å². The van der Waals surface area contributed by atoms with Crippen molar-refractivity contribution in [2.24, 2.45) is 0 Å². The largest absolute Gasteiger partial charge is 0.492 e. The van der Waals surface area contributed by atoms with Gasteiger partial charge >= 0.3 is 0 Å². The molecule has 0 saturated carbocycles. The first-order valence-electron chi connectivity index (χ1n) is 9.54. The van der Waals surface area contributed by atoms with Gasteiger partial charge in [-0.05, 0) is 55.5 Å². The quantitative estimate of drug-likeness (QED) is 0.668. The highest BCUT2D eigenvalue weighted by molar-refractivity contribution is 7.93. The minimum atomic E-state index is -3.79. The molecule has 0 unspecified atom stereocenters. The Balaban J connectivity index is 1.61. The Kier molecular flexibility index (Phi) is 5.55. The number of benzene rings is 2. The molecule has 0 radical (unpaired) electrons. The van der Waals surface area contributed by atoms with E-state index in [4.69, 9.17) is 9.47 Å². The average molecular weight is 413 g/mol. The van der Waals surface area contributed by atoms with Gasteiger partial charge in [0, 0.05) is 36.0 Å². The van der Waals surface area contributed by atoms with Crippen LogP contribution in [-0.2, 0) is 14.8 Å². The van der Waals surface area contributed by atoms with Crippen molar-refractivity contribution in [2.75, 3.05) is 42.5 Å². The van der Waals surface area contributed by atoms with Crippen LogP contribution in [0.2, 0.25) is 0 Å². The summed E-state index contributed by atoms with van der Waals surface area (Å²) >= 11 is 0. The predicted molar refractivity (Wildman–Crippen MR) is 113 cm³/mol. The van der Waals surface area contributed by atoms with Gasteiger partial charge in [-0.2, -0.15) is 0 Å². The van der Waals surface area contributed by atoms with Gasteiger partial charge in [0.1, 0.15) is 11.3 Å². The maximum atomic E-state index is 13.1. The van der Waals surface area contributed by atoms with Crippen molar-refractivity contribution in [3.05, 3.63) is 54.7 Å². The van der Waals surface area contributed by atoms with E-state index in [0.717, 1.165) is 18.8 Å². The monoisotopic (exact) mass is 413 g/mol. The third-order valence-electron chi connectivity index (χ3n) is 4.78. The smallest absolute Gasteiger partial charge is 0.262 e. The molecule has 0 spiro atoms. The zero-order valence-corrected chi connectivity index (χ0v) is 17.0. The number of ether oxygens (including phenoxy) is 2. The van der Waals surface area contributed by atoms with Crippen molar-refractivity contribution in [3.63, 3.8) is 0 Å². The SMILES string of the molecule is CCOc1ccc(S(=O)(=O)Nc2ccc(N3CCOCC3)cc2)c2cccnc12. The Morgan fingerprint density at radius 3 is 2.59 bits per heavy atom. The van der Waals surface area contributed by atoms with Crippen molar-refractivity contribution in [2.45, 2.75) is 11.8 Å². The van der Waals surface area contributed by atoms with Gasteiger partial charge in [-0.3, -0.25) is 9.71 Å². The molecule has 1 fully saturated rings. The van der Waals surface area contributed by atoms with Crippen molar-refractivity contribution >= 4 is 32.3 Å². The molecule has 1 aromatic heterocycles. The Hall–Kier alpha value is -2.84. The molecule has 0 amide bonds. The fourth-order valence-corrected chi connectivity index (χ4v) is 4.66. The number of rotatable bonds is 6. The summed E-state index contributed by atoms with van der Waals surface area (Å²) in [6, 6.07) is 14.0. The van der Waals surface area contributed by atoms with E-state index in [1.165, 1.54) is 0 Å². The number of hydrogen-bond acceptors (Lipinski definition) is 6. The van der Waals surface area contributed by atoms with E-state index in [2.05, 4.69) is 14.6 Å². The maximum absolute atomic E-state index is 13.1. The molecular formula is C21H23N3O4S. The van der Waals surface area contributed by atoms with Gasteiger partial charge in [0.2, 0.25) is 0 Å². The molecule has 1 aliphatic heterocycles. The topological polar surface area (TPSA) is 80.8 Å². The highest BCUT2D eigenvalue weighted by atomic mass is 32.2. The van der Waals surface area contributed by atoms with Gasteiger partial charge in [0.15, 0.2) is 0 Å². The molecule has 8 heteroatoms. The summed E-state index contributed by atoms with van der Waals surface area (Å²) in [6.07, 6.45) is 1.62. The highest BCUT2D eigenvalue weighted by Gasteiger charge is 2.20. The maximum Gasteiger partial charge on any atom is 0.262 e.